The van der Waals surface area contributed by atoms with Gasteiger partial charge in [-0.1, -0.05) is 0 Å². The average Bonchev–Trinajstić information content (AvgIpc) is 2.57. The van der Waals surface area contributed by atoms with E-state index in [4.69, 9.17) is 28.8 Å². The second kappa shape index (κ2) is 17.1. The largest absolute Gasteiger partial charge is 0.391 e. The molecule has 0 aliphatic rings. The van der Waals surface area contributed by atoms with Gasteiger partial charge >= 0.3 is 0 Å². The van der Waals surface area contributed by atoms with Crippen LogP contribution in [-0.2, 0) is 23.7 Å². The molecule has 0 fully saturated rings. The molecule has 4 unspecified atom stereocenters. The van der Waals surface area contributed by atoms with Gasteiger partial charge in [-0.25, -0.2) is 0 Å². The Morgan fingerprint density at radius 3 is 2.04 bits per heavy atom. The van der Waals surface area contributed by atoms with E-state index in [2.05, 4.69) is 5.32 Å². The minimum absolute atomic E-state index is 0.0102. The van der Waals surface area contributed by atoms with Crippen LogP contribution in [0.25, 0.3) is 0 Å². The van der Waals surface area contributed by atoms with E-state index in [1.807, 2.05) is 13.8 Å². The Hall–Kier alpha value is -0.320. The third-order valence-electron chi connectivity index (χ3n) is 3.16. The monoisotopic (exact) mass is 367 g/mol. The SMILES string of the molecule is COCCOCC(C)OCC(C)NCC(O)COCCOCC(C)O. The zero-order valence-electron chi connectivity index (χ0n) is 16.1. The predicted octanol–water partition coefficient (Wildman–Crippen LogP) is -0.192. The maximum atomic E-state index is 9.85. The molecule has 0 saturated carbocycles. The highest BCUT2D eigenvalue weighted by molar-refractivity contribution is 4.65. The van der Waals surface area contributed by atoms with Crippen molar-refractivity contribution in [2.75, 3.05) is 66.5 Å². The lowest BCUT2D eigenvalue weighted by atomic mass is 10.3. The van der Waals surface area contributed by atoms with E-state index in [0.29, 0.717) is 52.8 Å². The molecule has 0 aromatic carbocycles. The van der Waals surface area contributed by atoms with E-state index in [9.17, 15) is 5.11 Å². The molecule has 4 atom stereocenters. The molecule has 0 spiro atoms. The fraction of sp³-hybridized carbons (Fsp3) is 1.00. The Morgan fingerprint density at radius 1 is 0.800 bits per heavy atom. The maximum absolute atomic E-state index is 9.85. The fourth-order valence-electron chi connectivity index (χ4n) is 1.79. The molecular formula is C17H37NO7. The topological polar surface area (TPSA) is 98.6 Å². The van der Waals surface area contributed by atoms with E-state index >= 15 is 0 Å². The third-order valence-corrected chi connectivity index (χ3v) is 3.16. The van der Waals surface area contributed by atoms with Crippen molar-refractivity contribution in [3.05, 3.63) is 0 Å². The van der Waals surface area contributed by atoms with Gasteiger partial charge in [-0.15, -0.1) is 0 Å². The van der Waals surface area contributed by atoms with Gasteiger partial charge in [0.25, 0.3) is 0 Å². The van der Waals surface area contributed by atoms with Crippen LogP contribution in [0.3, 0.4) is 0 Å². The molecule has 8 nitrogen and oxygen atoms in total. The quantitative estimate of drug-likeness (QED) is 0.287. The van der Waals surface area contributed by atoms with Crippen LogP contribution in [0.4, 0.5) is 0 Å². The van der Waals surface area contributed by atoms with Crippen LogP contribution in [-0.4, -0.2) is 101 Å². The highest BCUT2D eigenvalue weighted by atomic mass is 16.5. The minimum atomic E-state index is -0.589. The van der Waals surface area contributed by atoms with Gasteiger partial charge in [-0.05, 0) is 20.8 Å². The minimum Gasteiger partial charge on any atom is -0.391 e. The van der Waals surface area contributed by atoms with Gasteiger partial charge in [0.2, 0.25) is 0 Å². The lowest BCUT2D eigenvalue weighted by Crippen LogP contribution is -2.39. The van der Waals surface area contributed by atoms with Crippen molar-refractivity contribution in [1.29, 1.82) is 0 Å². The molecule has 152 valence electrons. The first-order chi connectivity index (χ1) is 12.0. The molecule has 0 bridgehead atoms. The van der Waals surface area contributed by atoms with Crippen molar-refractivity contribution < 1.29 is 33.9 Å². The number of aliphatic hydroxyl groups is 2. The van der Waals surface area contributed by atoms with Crippen LogP contribution < -0.4 is 5.32 Å². The van der Waals surface area contributed by atoms with Gasteiger partial charge in [-0.2, -0.15) is 0 Å². The molecule has 3 N–H and O–H groups in total. The molecule has 8 heteroatoms. The number of nitrogens with one attached hydrogen (secondary N) is 1. The second-order valence-corrected chi connectivity index (χ2v) is 6.17. The Labute approximate surface area is 151 Å². The Morgan fingerprint density at radius 2 is 1.40 bits per heavy atom. The number of rotatable bonds is 18. The van der Waals surface area contributed by atoms with Crippen molar-refractivity contribution in [3.63, 3.8) is 0 Å². The summed E-state index contributed by atoms with van der Waals surface area (Å²) >= 11 is 0. The van der Waals surface area contributed by atoms with Gasteiger partial charge < -0.3 is 39.2 Å². The van der Waals surface area contributed by atoms with Crippen molar-refractivity contribution in [1.82, 2.24) is 5.32 Å². The summed E-state index contributed by atoms with van der Waals surface area (Å²) in [4.78, 5) is 0. The first-order valence-electron chi connectivity index (χ1n) is 8.89. The van der Waals surface area contributed by atoms with Crippen LogP contribution in [0.5, 0.6) is 0 Å². The fourth-order valence-corrected chi connectivity index (χ4v) is 1.79. The molecule has 0 aliphatic carbocycles. The third kappa shape index (κ3) is 18.3. The second-order valence-electron chi connectivity index (χ2n) is 6.17. The smallest absolute Gasteiger partial charge is 0.0897 e. The van der Waals surface area contributed by atoms with Crippen molar-refractivity contribution in [3.8, 4) is 0 Å². The summed E-state index contributed by atoms with van der Waals surface area (Å²) in [5, 5.41) is 22.1. The summed E-state index contributed by atoms with van der Waals surface area (Å²) in [5.74, 6) is 0. The van der Waals surface area contributed by atoms with Crippen LogP contribution >= 0.6 is 0 Å². The highest BCUT2D eigenvalue weighted by Gasteiger charge is 2.10. The van der Waals surface area contributed by atoms with Crippen molar-refractivity contribution >= 4 is 0 Å². The van der Waals surface area contributed by atoms with E-state index in [0.717, 1.165) is 0 Å². The molecule has 0 aromatic rings. The summed E-state index contributed by atoms with van der Waals surface area (Å²) in [6.45, 7) is 9.59. The van der Waals surface area contributed by atoms with Crippen LogP contribution in [0.1, 0.15) is 20.8 Å². The molecular weight excluding hydrogens is 330 g/mol. The number of methoxy groups -OCH3 is 1. The molecule has 0 aromatic heterocycles. The van der Waals surface area contributed by atoms with Crippen molar-refractivity contribution in [2.24, 2.45) is 0 Å². The van der Waals surface area contributed by atoms with Gasteiger partial charge in [-0.3, -0.25) is 0 Å². The van der Waals surface area contributed by atoms with Gasteiger partial charge in [0, 0.05) is 19.7 Å². The molecule has 0 amide bonds. The summed E-state index contributed by atoms with van der Waals surface area (Å²) in [6.07, 6.45) is -1.05. The first kappa shape index (κ1) is 24.7. The van der Waals surface area contributed by atoms with Crippen LogP contribution in [0, 0.1) is 0 Å². The Kier molecular flexibility index (Phi) is 16.9. The van der Waals surface area contributed by atoms with Crippen LogP contribution in [0.2, 0.25) is 0 Å². The Balaban J connectivity index is 3.49. The van der Waals surface area contributed by atoms with E-state index in [1.54, 1.807) is 14.0 Å². The number of ether oxygens (including phenoxy) is 5. The predicted molar refractivity (Wildman–Crippen MR) is 94.9 cm³/mol. The zero-order chi connectivity index (χ0) is 18.9. The van der Waals surface area contributed by atoms with E-state index in [-0.39, 0.29) is 18.8 Å². The summed E-state index contributed by atoms with van der Waals surface area (Å²) < 4.78 is 26.5. The first-order valence-corrected chi connectivity index (χ1v) is 8.89. The highest BCUT2D eigenvalue weighted by Crippen LogP contribution is 1.95. The van der Waals surface area contributed by atoms with Gasteiger partial charge in [0.1, 0.15) is 0 Å². The molecule has 0 rings (SSSR count). The van der Waals surface area contributed by atoms with Gasteiger partial charge in [0.05, 0.1) is 71.2 Å². The summed E-state index contributed by atoms with van der Waals surface area (Å²) in [7, 11) is 1.64. The zero-order valence-corrected chi connectivity index (χ0v) is 16.1. The number of hydrogen-bond acceptors (Lipinski definition) is 8. The summed E-state index contributed by atoms with van der Waals surface area (Å²) in [6, 6.07) is 0.116. The van der Waals surface area contributed by atoms with E-state index in [1.165, 1.54) is 0 Å². The number of aliphatic hydroxyl groups excluding tert-OH is 2. The molecule has 0 saturated heterocycles. The lowest BCUT2D eigenvalue weighted by molar-refractivity contribution is -0.0269. The van der Waals surface area contributed by atoms with Gasteiger partial charge in [0.15, 0.2) is 0 Å². The molecule has 25 heavy (non-hydrogen) atoms. The maximum Gasteiger partial charge on any atom is 0.0897 e. The molecule has 0 heterocycles. The lowest BCUT2D eigenvalue weighted by Gasteiger charge is -2.20. The van der Waals surface area contributed by atoms with E-state index < -0.39 is 12.2 Å². The normalized spacial score (nSPS) is 16.6. The molecule has 0 aliphatic heterocycles. The molecule has 0 radical (unpaired) electrons. The van der Waals surface area contributed by atoms with Crippen LogP contribution in [0.15, 0.2) is 0 Å². The number of hydrogen-bond donors (Lipinski definition) is 3. The Bertz CT molecular complexity index is 282. The standard InChI is InChI=1S/C17H37NO7/c1-14(10-25-16(3)12-23-6-5-21-4)18-9-17(20)13-24-8-7-22-11-15(2)19/h14-20H,5-13H2,1-4H3. The average molecular weight is 367 g/mol. The summed E-state index contributed by atoms with van der Waals surface area (Å²) in [5.41, 5.74) is 0. The van der Waals surface area contributed by atoms with Crippen molar-refractivity contribution in [2.45, 2.75) is 45.1 Å².